The normalized spacial score (nSPS) is 15.6. The Balaban J connectivity index is 6.00. The van der Waals surface area contributed by atoms with Crippen LogP contribution in [0.2, 0.25) is 0 Å². The van der Waals surface area contributed by atoms with Crippen molar-refractivity contribution in [1.82, 2.24) is 0 Å². The molecule has 0 unspecified atom stereocenters. The summed E-state index contributed by atoms with van der Waals surface area (Å²) in [7, 11) is 0. The molecule has 0 N–H and O–H groups in total. The highest BCUT2D eigenvalue weighted by Gasteiger charge is 2.93. The van der Waals surface area contributed by atoms with E-state index in [1.807, 2.05) is 0 Å². The molecule has 0 bridgehead atoms. The van der Waals surface area contributed by atoms with Crippen LogP contribution < -0.4 is 0 Å². The molecule has 194 valence electrons. The van der Waals surface area contributed by atoms with E-state index in [1.54, 1.807) is 6.92 Å². The van der Waals surface area contributed by atoms with E-state index in [1.165, 1.54) is 0 Å². The predicted molar refractivity (Wildman–Crippen MR) is 78.6 cm³/mol. The first-order valence-electron chi connectivity index (χ1n) is 8.93. The Bertz CT molecular complexity index is 595. The Labute approximate surface area is 171 Å². The number of halogens is 16. The topological polar surface area (TPSA) is 0 Å². The van der Waals surface area contributed by atoms with Gasteiger partial charge in [0.05, 0.1) is 0 Å². The highest BCUT2D eigenvalue weighted by atomic mass is 19.4. The monoisotopic (exact) mass is 514 g/mol. The molecule has 0 aliphatic carbocycles. The molecule has 0 spiro atoms. The van der Waals surface area contributed by atoms with Crippen LogP contribution in [0.4, 0.5) is 70.2 Å². The lowest BCUT2D eigenvalue weighted by Gasteiger charge is -2.42. The number of hydrogen-bond donors (Lipinski definition) is 0. The maximum Gasteiger partial charge on any atom is 0.384 e. The SMILES string of the molecule is CCCCCCCCC(F)(F)C(F)(F)C(F)(F)C(F)(F)C(F)(F)C(F)(F)C(F)(F)C(F)F. The average Bonchev–Trinajstić information content (AvgIpc) is 2.63. The zero-order valence-corrected chi connectivity index (χ0v) is 16.1. The summed E-state index contributed by atoms with van der Waals surface area (Å²) in [5.74, 6) is -53.7. The van der Waals surface area contributed by atoms with Gasteiger partial charge in [-0.05, 0) is 6.42 Å². The Hall–Kier alpha value is -1.12. The number of hydrogen-bond acceptors (Lipinski definition) is 0. The molecule has 0 amide bonds. The summed E-state index contributed by atoms with van der Waals surface area (Å²) in [6.07, 6.45) is -7.66. The lowest BCUT2D eigenvalue weighted by molar-refractivity contribution is -0.447. The van der Waals surface area contributed by atoms with E-state index in [9.17, 15) is 70.2 Å². The first kappa shape index (κ1) is 30.9. The third-order valence-corrected chi connectivity index (χ3v) is 4.57. The molecule has 0 rings (SSSR count). The molecule has 0 heterocycles. The van der Waals surface area contributed by atoms with Crippen molar-refractivity contribution in [2.75, 3.05) is 0 Å². The largest absolute Gasteiger partial charge is 0.384 e. The molecule has 0 saturated heterocycles. The molecule has 0 aliphatic heterocycles. The van der Waals surface area contributed by atoms with Gasteiger partial charge in [0, 0.05) is 6.42 Å². The van der Waals surface area contributed by atoms with Crippen LogP contribution in [0.5, 0.6) is 0 Å². The zero-order valence-electron chi connectivity index (χ0n) is 16.1. The maximum atomic E-state index is 13.6. The Kier molecular flexibility index (Phi) is 9.29. The van der Waals surface area contributed by atoms with Gasteiger partial charge in [0.2, 0.25) is 0 Å². The summed E-state index contributed by atoms with van der Waals surface area (Å²) in [6, 6.07) is 0. The highest BCUT2D eigenvalue weighted by molar-refractivity contribution is 5.14. The Morgan fingerprint density at radius 2 is 0.812 bits per heavy atom. The van der Waals surface area contributed by atoms with E-state index in [2.05, 4.69) is 0 Å². The summed E-state index contributed by atoms with van der Waals surface area (Å²) in [5.41, 5.74) is 0. The average molecular weight is 514 g/mol. The quantitative estimate of drug-likeness (QED) is 0.161. The molecule has 0 radical (unpaired) electrons. The smallest absolute Gasteiger partial charge is 0.203 e. The van der Waals surface area contributed by atoms with Crippen molar-refractivity contribution < 1.29 is 70.2 Å². The van der Waals surface area contributed by atoms with Gasteiger partial charge in [-0.25, -0.2) is 8.78 Å². The van der Waals surface area contributed by atoms with Crippen LogP contribution in [-0.4, -0.2) is 47.9 Å². The summed E-state index contributed by atoms with van der Waals surface area (Å²) < 4.78 is 210. The van der Waals surface area contributed by atoms with Gasteiger partial charge >= 0.3 is 47.9 Å². The van der Waals surface area contributed by atoms with Crippen molar-refractivity contribution in [3.8, 4) is 0 Å². The van der Waals surface area contributed by atoms with Crippen LogP contribution in [0.1, 0.15) is 51.9 Å². The molecule has 16 heteroatoms. The second-order valence-corrected chi connectivity index (χ2v) is 7.02. The molecule has 0 aliphatic rings. The van der Waals surface area contributed by atoms with Crippen LogP contribution >= 0.6 is 0 Å². The fraction of sp³-hybridized carbons (Fsp3) is 1.00. The highest BCUT2D eigenvalue weighted by Crippen LogP contribution is 2.63. The van der Waals surface area contributed by atoms with Crippen LogP contribution in [0.15, 0.2) is 0 Å². The van der Waals surface area contributed by atoms with Crippen LogP contribution in [0, 0.1) is 0 Å². The van der Waals surface area contributed by atoms with Crippen LogP contribution in [-0.2, 0) is 0 Å². The third-order valence-electron chi connectivity index (χ3n) is 4.57. The van der Waals surface area contributed by atoms with E-state index >= 15 is 0 Å². The number of unbranched alkanes of at least 4 members (excludes halogenated alkanes) is 5. The van der Waals surface area contributed by atoms with Gasteiger partial charge in [0.1, 0.15) is 0 Å². The molecular weight excluding hydrogens is 496 g/mol. The molecule has 0 fully saturated rings. The van der Waals surface area contributed by atoms with Crippen molar-refractivity contribution in [3.05, 3.63) is 0 Å². The van der Waals surface area contributed by atoms with E-state index in [0.29, 0.717) is 19.3 Å². The minimum Gasteiger partial charge on any atom is -0.203 e. The first-order chi connectivity index (χ1) is 14.0. The summed E-state index contributed by atoms with van der Waals surface area (Å²) in [6.45, 7) is 1.73. The third kappa shape index (κ3) is 4.87. The van der Waals surface area contributed by atoms with Crippen LogP contribution in [0.25, 0.3) is 0 Å². The molecule has 0 saturated carbocycles. The van der Waals surface area contributed by atoms with Crippen molar-refractivity contribution in [2.45, 2.75) is 99.8 Å². The lowest BCUT2D eigenvalue weighted by atomic mass is 9.88. The second kappa shape index (κ2) is 9.63. The Morgan fingerprint density at radius 1 is 0.469 bits per heavy atom. The first-order valence-corrected chi connectivity index (χ1v) is 8.93. The number of alkyl halides is 16. The zero-order chi connectivity index (χ0) is 26.0. The van der Waals surface area contributed by atoms with E-state index in [4.69, 9.17) is 0 Å². The fourth-order valence-corrected chi connectivity index (χ4v) is 2.45. The molecule has 0 nitrogen and oxygen atoms in total. The van der Waals surface area contributed by atoms with Crippen molar-refractivity contribution in [2.24, 2.45) is 0 Å². The fourth-order valence-electron chi connectivity index (χ4n) is 2.45. The standard InChI is InChI=1S/C16H18F16/c1-2-3-4-5-6-7-8-10(19,20)12(23,24)14(27,28)16(31,32)15(29,30)13(25,26)11(21,22)9(17)18/h9H,2-8H2,1H3. The van der Waals surface area contributed by atoms with E-state index in [-0.39, 0.29) is 12.8 Å². The molecular formula is C16H18F16. The van der Waals surface area contributed by atoms with E-state index in [0.717, 1.165) is 0 Å². The van der Waals surface area contributed by atoms with Gasteiger partial charge in [-0.3, -0.25) is 0 Å². The molecule has 32 heavy (non-hydrogen) atoms. The molecule has 0 aromatic heterocycles. The lowest BCUT2D eigenvalue weighted by Crippen LogP contribution is -2.73. The summed E-state index contributed by atoms with van der Waals surface area (Å²) in [5, 5.41) is 0. The molecule has 0 atom stereocenters. The van der Waals surface area contributed by atoms with Crippen LogP contribution in [0.3, 0.4) is 0 Å². The Morgan fingerprint density at radius 3 is 1.22 bits per heavy atom. The van der Waals surface area contributed by atoms with Gasteiger partial charge in [0.25, 0.3) is 0 Å². The van der Waals surface area contributed by atoms with Gasteiger partial charge in [-0.1, -0.05) is 39.0 Å². The maximum absolute atomic E-state index is 13.6. The van der Waals surface area contributed by atoms with Gasteiger partial charge in [0.15, 0.2) is 0 Å². The number of rotatable bonds is 14. The molecule has 0 aromatic carbocycles. The van der Waals surface area contributed by atoms with Gasteiger partial charge in [-0.15, -0.1) is 0 Å². The van der Waals surface area contributed by atoms with E-state index < -0.39 is 60.7 Å². The summed E-state index contributed by atoms with van der Waals surface area (Å²) >= 11 is 0. The molecule has 0 aromatic rings. The van der Waals surface area contributed by atoms with Gasteiger partial charge in [-0.2, -0.15) is 61.5 Å². The minimum atomic E-state index is -8.31. The van der Waals surface area contributed by atoms with Gasteiger partial charge < -0.3 is 0 Å². The van der Waals surface area contributed by atoms with Crippen molar-refractivity contribution in [1.29, 1.82) is 0 Å². The predicted octanol–water partition coefficient (Wildman–Crippen LogP) is 8.45. The second-order valence-electron chi connectivity index (χ2n) is 7.02. The van der Waals surface area contributed by atoms with Crippen molar-refractivity contribution >= 4 is 0 Å². The van der Waals surface area contributed by atoms with Crippen molar-refractivity contribution in [3.63, 3.8) is 0 Å². The summed E-state index contributed by atoms with van der Waals surface area (Å²) in [4.78, 5) is 0. The minimum absolute atomic E-state index is 0.120.